The molecule has 2 nitrogen and oxygen atoms in total. The Labute approximate surface area is 120 Å². The van der Waals surface area contributed by atoms with Crippen LogP contribution in [0, 0.1) is 5.82 Å². The molecule has 20 heavy (non-hydrogen) atoms. The summed E-state index contributed by atoms with van der Waals surface area (Å²) in [4.78, 5) is 0. The highest BCUT2D eigenvalue weighted by Gasteiger charge is 2.04. The summed E-state index contributed by atoms with van der Waals surface area (Å²) >= 11 is 0. The predicted molar refractivity (Wildman–Crippen MR) is 83.4 cm³/mol. The Morgan fingerprint density at radius 1 is 1.00 bits per heavy atom. The summed E-state index contributed by atoms with van der Waals surface area (Å²) in [6, 6.07) is 11.6. The molecule has 2 rings (SSSR count). The zero-order valence-electron chi connectivity index (χ0n) is 12.2. The first kappa shape index (κ1) is 14.9. The number of fused-ring (bicyclic) bond motifs is 1. The standard InChI is InChI=1S/C17H23FN2/c1-13(2)20-11-5-10-19-12-14-8-9-17(18)16-7-4-3-6-15(14)16/h3-4,6-9,13,19-20H,5,10-12H2,1-2H3. The molecule has 0 spiro atoms. The van der Waals surface area contributed by atoms with Crippen molar-refractivity contribution < 1.29 is 4.39 Å². The van der Waals surface area contributed by atoms with Crippen LogP contribution in [-0.4, -0.2) is 19.1 Å². The number of rotatable bonds is 7. The largest absolute Gasteiger partial charge is 0.314 e. The van der Waals surface area contributed by atoms with Crippen LogP contribution in [0.5, 0.6) is 0 Å². The van der Waals surface area contributed by atoms with Crippen LogP contribution in [0.25, 0.3) is 10.8 Å². The van der Waals surface area contributed by atoms with Crippen LogP contribution in [0.4, 0.5) is 4.39 Å². The molecule has 0 unspecified atom stereocenters. The van der Waals surface area contributed by atoms with Crippen LogP contribution in [0.15, 0.2) is 36.4 Å². The van der Waals surface area contributed by atoms with Crippen LogP contribution in [0.1, 0.15) is 25.8 Å². The van der Waals surface area contributed by atoms with Crippen molar-refractivity contribution in [1.29, 1.82) is 0 Å². The lowest BCUT2D eigenvalue weighted by molar-refractivity contribution is 0.548. The quantitative estimate of drug-likeness (QED) is 0.756. The molecule has 0 heterocycles. The molecule has 0 radical (unpaired) electrons. The smallest absolute Gasteiger partial charge is 0.131 e. The van der Waals surface area contributed by atoms with Gasteiger partial charge < -0.3 is 10.6 Å². The van der Waals surface area contributed by atoms with Gasteiger partial charge >= 0.3 is 0 Å². The Balaban J connectivity index is 1.89. The fraction of sp³-hybridized carbons (Fsp3) is 0.412. The van der Waals surface area contributed by atoms with Crippen LogP contribution in [0.2, 0.25) is 0 Å². The summed E-state index contributed by atoms with van der Waals surface area (Å²) in [5, 5.41) is 8.52. The molecular weight excluding hydrogens is 251 g/mol. The zero-order chi connectivity index (χ0) is 14.4. The summed E-state index contributed by atoms with van der Waals surface area (Å²) in [6.07, 6.45) is 1.09. The third-order valence-corrected chi connectivity index (χ3v) is 3.36. The van der Waals surface area contributed by atoms with Crippen LogP contribution in [0.3, 0.4) is 0 Å². The van der Waals surface area contributed by atoms with Gasteiger partial charge in [0.1, 0.15) is 5.82 Å². The summed E-state index contributed by atoms with van der Waals surface area (Å²) in [5.41, 5.74) is 1.15. The second kappa shape index (κ2) is 7.36. The van der Waals surface area contributed by atoms with Gasteiger partial charge in [-0.1, -0.05) is 44.2 Å². The van der Waals surface area contributed by atoms with Crippen molar-refractivity contribution in [2.75, 3.05) is 13.1 Å². The van der Waals surface area contributed by atoms with Crippen molar-refractivity contribution in [3.8, 4) is 0 Å². The molecular formula is C17H23FN2. The van der Waals surface area contributed by atoms with E-state index in [9.17, 15) is 4.39 Å². The Hall–Kier alpha value is -1.45. The van der Waals surface area contributed by atoms with E-state index in [-0.39, 0.29) is 5.82 Å². The van der Waals surface area contributed by atoms with Gasteiger partial charge in [0.25, 0.3) is 0 Å². The molecule has 0 aliphatic rings. The van der Waals surface area contributed by atoms with Gasteiger partial charge in [0.15, 0.2) is 0 Å². The molecule has 0 atom stereocenters. The fourth-order valence-electron chi connectivity index (χ4n) is 2.31. The maximum Gasteiger partial charge on any atom is 0.131 e. The third kappa shape index (κ3) is 4.02. The summed E-state index contributed by atoms with van der Waals surface area (Å²) in [7, 11) is 0. The number of hydrogen-bond acceptors (Lipinski definition) is 2. The van der Waals surface area contributed by atoms with E-state index in [1.54, 1.807) is 6.07 Å². The zero-order valence-corrected chi connectivity index (χ0v) is 12.2. The fourth-order valence-corrected chi connectivity index (χ4v) is 2.31. The highest BCUT2D eigenvalue weighted by molar-refractivity contribution is 5.86. The highest BCUT2D eigenvalue weighted by atomic mass is 19.1. The van der Waals surface area contributed by atoms with E-state index < -0.39 is 0 Å². The molecule has 0 amide bonds. The molecule has 0 saturated heterocycles. The monoisotopic (exact) mass is 274 g/mol. The second-order valence-electron chi connectivity index (χ2n) is 5.39. The lowest BCUT2D eigenvalue weighted by Gasteiger charge is -2.10. The molecule has 2 N–H and O–H groups in total. The van der Waals surface area contributed by atoms with Gasteiger partial charge in [0.2, 0.25) is 0 Å². The average Bonchev–Trinajstić information content (AvgIpc) is 2.45. The number of benzene rings is 2. The maximum atomic E-state index is 13.7. The van der Waals surface area contributed by atoms with E-state index in [2.05, 4.69) is 24.5 Å². The third-order valence-electron chi connectivity index (χ3n) is 3.36. The normalized spacial score (nSPS) is 11.4. The number of nitrogens with one attached hydrogen (secondary N) is 2. The molecule has 0 fully saturated rings. The predicted octanol–water partition coefficient (Wildman–Crippen LogP) is 3.46. The molecule has 2 aromatic rings. The molecule has 0 bridgehead atoms. The Kier molecular flexibility index (Phi) is 5.50. The Morgan fingerprint density at radius 2 is 1.75 bits per heavy atom. The second-order valence-corrected chi connectivity index (χ2v) is 5.39. The molecule has 0 aliphatic carbocycles. The molecule has 0 saturated carbocycles. The highest BCUT2D eigenvalue weighted by Crippen LogP contribution is 2.21. The SMILES string of the molecule is CC(C)NCCCNCc1ccc(F)c2ccccc12. The molecule has 2 aromatic carbocycles. The van der Waals surface area contributed by atoms with Gasteiger partial charge in [-0.3, -0.25) is 0 Å². The molecule has 108 valence electrons. The Morgan fingerprint density at radius 3 is 2.50 bits per heavy atom. The van der Waals surface area contributed by atoms with Gasteiger partial charge in [-0.15, -0.1) is 0 Å². The molecule has 3 heteroatoms. The van der Waals surface area contributed by atoms with Gasteiger partial charge in [0.05, 0.1) is 0 Å². The summed E-state index contributed by atoms with van der Waals surface area (Å²) in [5.74, 6) is -0.148. The van der Waals surface area contributed by atoms with Crippen LogP contribution in [-0.2, 0) is 6.54 Å². The van der Waals surface area contributed by atoms with Gasteiger partial charge in [-0.25, -0.2) is 4.39 Å². The van der Waals surface area contributed by atoms with Crippen molar-refractivity contribution in [2.24, 2.45) is 0 Å². The summed E-state index contributed by atoms with van der Waals surface area (Å²) < 4.78 is 13.7. The minimum Gasteiger partial charge on any atom is -0.314 e. The van der Waals surface area contributed by atoms with Crippen LogP contribution < -0.4 is 10.6 Å². The average molecular weight is 274 g/mol. The van der Waals surface area contributed by atoms with Crippen molar-refractivity contribution in [2.45, 2.75) is 32.9 Å². The van der Waals surface area contributed by atoms with E-state index in [0.29, 0.717) is 11.4 Å². The van der Waals surface area contributed by atoms with Crippen molar-refractivity contribution >= 4 is 10.8 Å². The summed E-state index contributed by atoms with van der Waals surface area (Å²) in [6.45, 7) is 7.07. The van der Waals surface area contributed by atoms with E-state index in [1.807, 2.05) is 30.3 Å². The van der Waals surface area contributed by atoms with E-state index in [0.717, 1.165) is 37.0 Å². The Bertz CT molecular complexity index is 552. The molecule has 0 aromatic heterocycles. The van der Waals surface area contributed by atoms with Gasteiger partial charge in [-0.05, 0) is 36.5 Å². The van der Waals surface area contributed by atoms with Crippen molar-refractivity contribution in [1.82, 2.24) is 10.6 Å². The minimum atomic E-state index is -0.148. The number of halogens is 1. The lowest BCUT2D eigenvalue weighted by Crippen LogP contribution is -2.26. The first-order valence-corrected chi connectivity index (χ1v) is 7.28. The van der Waals surface area contributed by atoms with Gasteiger partial charge in [-0.2, -0.15) is 0 Å². The minimum absolute atomic E-state index is 0.148. The van der Waals surface area contributed by atoms with Gasteiger partial charge in [0, 0.05) is 18.0 Å². The van der Waals surface area contributed by atoms with E-state index >= 15 is 0 Å². The first-order chi connectivity index (χ1) is 9.68. The van der Waals surface area contributed by atoms with Crippen LogP contribution >= 0.6 is 0 Å². The van der Waals surface area contributed by atoms with E-state index in [1.165, 1.54) is 0 Å². The van der Waals surface area contributed by atoms with Crippen molar-refractivity contribution in [3.05, 3.63) is 47.8 Å². The topological polar surface area (TPSA) is 24.1 Å². The maximum absolute atomic E-state index is 13.7. The van der Waals surface area contributed by atoms with Crippen molar-refractivity contribution in [3.63, 3.8) is 0 Å². The number of hydrogen-bond donors (Lipinski definition) is 2. The van der Waals surface area contributed by atoms with E-state index in [4.69, 9.17) is 0 Å². The lowest BCUT2D eigenvalue weighted by atomic mass is 10.0. The first-order valence-electron chi connectivity index (χ1n) is 7.28. The molecule has 0 aliphatic heterocycles.